The quantitative estimate of drug-likeness (QED) is 0.684. The maximum Gasteiger partial charge on any atom is 0.136 e. The predicted octanol–water partition coefficient (Wildman–Crippen LogP) is 4.21. The molecule has 0 aliphatic heterocycles. The molecular formula is C15H26O. The molecule has 0 heterocycles. The lowest BCUT2D eigenvalue weighted by atomic mass is 9.53. The molecule has 0 aromatic carbocycles. The van der Waals surface area contributed by atoms with Crippen molar-refractivity contribution in [2.75, 3.05) is 0 Å². The summed E-state index contributed by atoms with van der Waals surface area (Å²) in [5.41, 5.74) is 0.365. The van der Waals surface area contributed by atoms with Gasteiger partial charge in [0.25, 0.3) is 0 Å². The average Bonchev–Trinajstić information content (AvgIpc) is 2.54. The molecular weight excluding hydrogens is 196 g/mol. The molecule has 0 unspecified atom stereocenters. The van der Waals surface area contributed by atoms with E-state index in [2.05, 4.69) is 20.8 Å². The van der Waals surface area contributed by atoms with E-state index < -0.39 is 0 Å². The fraction of sp³-hybridized carbons (Fsp3) is 0.933. The molecule has 0 aromatic heterocycles. The van der Waals surface area contributed by atoms with E-state index in [1.807, 2.05) is 6.92 Å². The number of hydrogen-bond acceptors (Lipinski definition) is 1. The fourth-order valence-electron chi connectivity index (χ4n) is 4.40. The van der Waals surface area contributed by atoms with Crippen LogP contribution in [-0.4, -0.2) is 5.78 Å². The zero-order valence-corrected chi connectivity index (χ0v) is 11.3. The smallest absolute Gasteiger partial charge is 0.136 e. The molecule has 0 spiro atoms. The van der Waals surface area contributed by atoms with E-state index in [9.17, 15) is 4.79 Å². The Morgan fingerprint density at radius 2 is 1.94 bits per heavy atom. The minimum atomic E-state index is 0.0419. The highest BCUT2D eigenvalue weighted by molar-refractivity contribution is 5.83. The second-order valence-electron chi connectivity index (χ2n) is 6.80. The maximum absolute atomic E-state index is 12.2. The second kappa shape index (κ2) is 3.85. The number of carbonyl (C=O) groups excluding carboxylic acids is 1. The van der Waals surface area contributed by atoms with Crippen LogP contribution in [0.25, 0.3) is 0 Å². The monoisotopic (exact) mass is 222 g/mol. The van der Waals surface area contributed by atoms with Gasteiger partial charge in [-0.2, -0.15) is 0 Å². The van der Waals surface area contributed by atoms with E-state index in [0.717, 1.165) is 24.7 Å². The standard InChI is InChI=1S/C15H26O/c1-11(2)13-6-9-14(4)7-5-8-15(14,10-13)12(3)16/h11,13H,5-10H2,1-4H3/t13-,14-,15-/m0/s1. The van der Waals surface area contributed by atoms with Gasteiger partial charge in [-0.05, 0) is 56.3 Å². The summed E-state index contributed by atoms with van der Waals surface area (Å²) in [6.07, 6.45) is 7.47. The van der Waals surface area contributed by atoms with Gasteiger partial charge >= 0.3 is 0 Å². The predicted molar refractivity (Wildman–Crippen MR) is 67.3 cm³/mol. The lowest BCUT2D eigenvalue weighted by Crippen LogP contribution is -2.46. The molecule has 2 aliphatic carbocycles. The lowest BCUT2D eigenvalue weighted by molar-refractivity contribution is -0.138. The van der Waals surface area contributed by atoms with Crippen LogP contribution in [0.5, 0.6) is 0 Å². The van der Waals surface area contributed by atoms with Crippen LogP contribution >= 0.6 is 0 Å². The highest BCUT2D eigenvalue weighted by Crippen LogP contribution is 2.63. The van der Waals surface area contributed by atoms with Crippen LogP contribution in [0.4, 0.5) is 0 Å². The Labute approximate surface area is 100.0 Å². The Morgan fingerprint density at radius 1 is 1.25 bits per heavy atom. The first-order valence-corrected chi connectivity index (χ1v) is 6.92. The molecule has 2 saturated carbocycles. The molecule has 1 heteroatoms. The van der Waals surface area contributed by atoms with E-state index in [0.29, 0.717) is 11.2 Å². The van der Waals surface area contributed by atoms with E-state index >= 15 is 0 Å². The van der Waals surface area contributed by atoms with Crippen LogP contribution in [0.3, 0.4) is 0 Å². The highest BCUT2D eigenvalue weighted by atomic mass is 16.1. The van der Waals surface area contributed by atoms with Crippen LogP contribution in [-0.2, 0) is 4.79 Å². The maximum atomic E-state index is 12.2. The van der Waals surface area contributed by atoms with E-state index in [-0.39, 0.29) is 5.41 Å². The Kier molecular flexibility index (Phi) is 2.92. The molecule has 0 N–H and O–H groups in total. The van der Waals surface area contributed by atoms with Gasteiger partial charge in [0.1, 0.15) is 5.78 Å². The Balaban J connectivity index is 2.30. The Hall–Kier alpha value is -0.330. The van der Waals surface area contributed by atoms with Gasteiger partial charge < -0.3 is 0 Å². The van der Waals surface area contributed by atoms with Crippen molar-refractivity contribution in [2.45, 2.75) is 66.2 Å². The zero-order valence-electron chi connectivity index (χ0n) is 11.3. The first-order chi connectivity index (χ1) is 7.41. The molecule has 3 atom stereocenters. The van der Waals surface area contributed by atoms with Crippen LogP contribution in [0.2, 0.25) is 0 Å². The third-order valence-electron chi connectivity index (χ3n) is 5.78. The van der Waals surface area contributed by atoms with Crippen LogP contribution in [0.15, 0.2) is 0 Å². The number of ketones is 1. The summed E-state index contributed by atoms with van der Waals surface area (Å²) in [5.74, 6) is 1.98. The van der Waals surface area contributed by atoms with Gasteiger partial charge in [0.2, 0.25) is 0 Å². The summed E-state index contributed by atoms with van der Waals surface area (Å²) in [6, 6.07) is 0. The number of carbonyl (C=O) groups is 1. The van der Waals surface area contributed by atoms with Crippen molar-refractivity contribution in [3.8, 4) is 0 Å². The van der Waals surface area contributed by atoms with Gasteiger partial charge in [0, 0.05) is 5.41 Å². The van der Waals surface area contributed by atoms with Crippen LogP contribution < -0.4 is 0 Å². The Bertz CT molecular complexity index is 294. The summed E-state index contributed by atoms with van der Waals surface area (Å²) >= 11 is 0. The minimum Gasteiger partial charge on any atom is -0.299 e. The minimum absolute atomic E-state index is 0.0419. The van der Waals surface area contributed by atoms with Gasteiger partial charge in [-0.1, -0.05) is 27.2 Å². The molecule has 0 radical (unpaired) electrons. The van der Waals surface area contributed by atoms with Crippen molar-refractivity contribution in [3.63, 3.8) is 0 Å². The second-order valence-corrected chi connectivity index (χ2v) is 6.80. The molecule has 16 heavy (non-hydrogen) atoms. The third-order valence-corrected chi connectivity index (χ3v) is 5.78. The first kappa shape index (κ1) is 12.1. The van der Waals surface area contributed by atoms with Crippen molar-refractivity contribution in [1.29, 1.82) is 0 Å². The number of fused-ring (bicyclic) bond motifs is 1. The van der Waals surface area contributed by atoms with Crippen molar-refractivity contribution in [3.05, 3.63) is 0 Å². The van der Waals surface area contributed by atoms with Crippen molar-refractivity contribution >= 4 is 5.78 Å². The van der Waals surface area contributed by atoms with Crippen molar-refractivity contribution < 1.29 is 4.79 Å². The normalized spacial score (nSPS) is 43.4. The van der Waals surface area contributed by atoms with Crippen LogP contribution in [0, 0.1) is 22.7 Å². The summed E-state index contributed by atoms with van der Waals surface area (Å²) in [6.45, 7) is 8.84. The summed E-state index contributed by atoms with van der Waals surface area (Å²) in [7, 11) is 0. The topological polar surface area (TPSA) is 17.1 Å². The van der Waals surface area contributed by atoms with Gasteiger partial charge in [0.05, 0.1) is 0 Å². The SMILES string of the molecule is CC(=O)[C@@]12CCC[C@@]1(C)CC[C@H](C(C)C)C2. The van der Waals surface area contributed by atoms with E-state index in [4.69, 9.17) is 0 Å². The summed E-state index contributed by atoms with van der Waals surface area (Å²) in [5, 5.41) is 0. The van der Waals surface area contributed by atoms with Gasteiger partial charge in [-0.3, -0.25) is 4.79 Å². The highest BCUT2D eigenvalue weighted by Gasteiger charge is 2.57. The molecule has 0 aromatic rings. The molecule has 2 fully saturated rings. The van der Waals surface area contributed by atoms with Crippen molar-refractivity contribution in [1.82, 2.24) is 0 Å². The third kappa shape index (κ3) is 1.55. The molecule has 0 saturated heterocycles. The summed E-state index contributed by atoms with van der Waals surface area (Å²) < 4.78 is 0. The molecule has 2 aliphatic rings. The zero-order chi connectivity index (χ0) is 12.0. The molecule has 0 amide bonds. The van der Waals surface area contributed by atoms with Gasteiger partial charge in [-0.25, -0.2) is 0 Å². The van der Waals surface area contributed by atoms with E-state index in [1.165, 1.54) is 25.7 Å². The van der Waals surface area contributed by atoms with E-state index in [1.54, 1.807) is 0 Å². The van der Waals surface area contributed by atoms with Crippen molar-refractivity contribution in [2.24, 2.45) is 22.7 Å². The Morgan fingerprint density at radius 3 is 2.50 bits per heavy atom. The van der Waals surface area contributed by atoms with Crippen LogP contribution in [0.1, 0.15) is 66.2 Å². The summed E-state index contributed by atoms with van der Waals surface area (Å²) in [4.78, 5) is 12.2. The van der Waals surface area contributed by atoms with Gasteiger partial charge in [0.15, 0.2) is 0 Å². The largest absolute Gasteiger partial charge is 0.299 e. The fourth-order valence-corrected chi connectivity index (χ4v) is 4.40. The molecule has 1 nitrogen and oxygen atoms in total. The number of hydrogen-bond donors (Lipinski definition) is 0. The number of rotatable bonds is 2. The molecule has 2 rings (SSSR count). The first-order valence-electron chi connectivity index (χ1n) is 6.92. The molecule has 92 valence electrons. The molecule has 0 bridgehead atoms. The lowest BCUT2D eigenvalue weighted by Gasteiger charge is -2.50. The van der Waals surface area contributed by atoms with Gasteiger partial charge in [-0.15, -0.1) is 0 Å². The number of Topliss-reactive ketones (excluding diaryl/α,β-unsaturated/α-hetero) is 1. The average molecular weight is 222 g/mol.